The van der Waals surface area contributed by atoms with Gasteiger partial charge < -0.3 is 10.3 Å². The summed E-state index contributed by atoms with van der Waals surface area (Å²) >= 11 is 5.64. The van der Waals surface area contributed by atoms with E-state index in [1.54, 1.807) is 6.07 Å². The van der Waals surface area contributed by atoms with E-state index in [9.17, 15) is 0 Å². The highest BCUT2D eigenvalue weighted by molar-refractivity contribution is 6.32. The van der Waals surface area contributed by atoms with Gasteiger partial charge in [0, 0.05) is 6.07 Å². The molecule has 2 aromatic rings. The van der Waals surface area contributed by atoms with Crippen LogP contribution in [0.1, 0.15) is 0 Å². The summed E-state index contributed by atoms with van der Waals surface area (Å²) in [6, 6.07) is 1.66. The van der Waals surface area contributed by atoms with Crippen molar-refractivity contribution >= 4 is 17.3 Å². The van der Waals surface area contributed by atoms with E-state index >= 15 is 0 Å². The third-order valence-corrected chi connectivity index (χ3v) is 1.73. The van der Waals surface area contributed by atoms with Gasteiger partial charge in [-0.25, -0.2) is 0 Å². The maximum atomic E-state index is 5.64. The van der Waals surface area contributed by atoms with Crippen LogP contribution in [0.25, 0.3) is 11.4 Å². The van der Waals surface area contributed by atoms with Gasteiger partial charge in [-0.05, 0) is 0 Å². The summed E-state index contributed by atoms with van der Waals surface area (Å²) < 4.78 is 4.63. The van der Waals surface area contributed by atoms with Gasteiger partial charge in [0.15, 0.2) is 0 Å². The smallest absolute Gasteiger partial charge is 0.148 e. The molecule has 5 nitrogen and oxygen atoms in total. The van der Waals surface area contributed by atoms with E-state index in [0.717, 1.165) is 0 Å². The standard InChI is InChI=1S/C6H5ClN4O/c7-6-4(8)5(9-10-6)3-1-2-12-11-3/h1-2H,8H2,(H,9,10). The Morgan fingerprint density at radius 2 is 2.42 bits per heavy atom. The van der Waals surface area contributed by atoms with Gasteiger partial charge in [-0.3, -0.25) is 5.10 Å². The van der Waals surface area contributed by atoms with E-state index in [0.29, 0.717) is 22.2 Å². The van der Waals surface area contributed by atoms with Crippen molar-refractivity contribution in [3.8, 4) is 11.4 Å². The molecule has 0 fully saturated rings. The minimum atomic E-state index is 0.313. The molecule has 0 aliphatic rings. The van der Waals surface area contributed by atoms with E-state index in [2.05, 4.69) is 19.9 Å². The topological polar surface area (TPSA) is 80.7 Å². The summed E-state index contributed by atoms with van der Waals surface area (Å²) in [6.45, 7) is 0. The Labute approximate surface area is 72.5 Å². The Hall–Kier alpha value is -1.49. The van der Waals surface area contributed by atoms with Crippen molar-refractivity contribution in [2.45, 2.75) is 0 Å². The first kappa shape index (κ1) is 7.17. The van der Waals surface area contributed by atoms with Crippen molar-refractivity contribution in [1.29, 1.82) is 0 Å². The van der Waals surface area contributed by atoms with Crippen molar-refractivity contribution in [2.75, 3.05) is 5.73 Å². The fourth-order valence-electron chi connectivity index (χ4n) is 0.859. The van der Waals surface area contributed by atoms with Crippen LogP contribution < -0.4 is 5.73 Å². The molecule has 2 aromatic heterocycles. The molecule has 62 valence electrons. The van der Waals surface area contributed by atoms with E-state index < -0.39 is 0 Å². The summed E-state index contributed by atoms with van der Waals surface area (Å²) in [7, 11) is 0. The van der Waals surface area contributed by atoms with Crippen LogP contribution in [0.15, 0.2) is 16.9 Å². The number of aromatic nitrogens is 3. The maximum absolute atomic E-state index is 5.64. The van der Waals surface area contributed by atoms with E-state index in [1.165, 1.54) is 6.26 Å². The van der Waals surface area contributed by atoms with Gasteiger partial charge in [0.05, 0.1) is 5.69 Å². The largest absolute Gasteiger partial charge is 0.394 e. The number of halogens is 1. The lowest BCUT2D eigenvalue weighted by Gasteiger charge is -1.88. The van der Waals surface area contributed by atoms with Crippen LogP contribution in [0.5, 0.6) is 0 Å². The van der Waals surface area contributed by atoms with E-state index in [-0.39, 0.29) is 0 Å². The fourth-order valence-corrected chi connectivity index (χ4v) is 0.991. The van der Waals surface area contributed by atoms with Crippen molar-refractivity contribution in [2.24, 2.45) is 0 Å². The molecule has 0 saturated carbocycles. The van der Waals surface area contributed by atoms with E-state index in [4.69, 9.17) is 17.3 Å². The molecule has 0 aromatic carbocycles. The number of hydrogen-bond donors (Lipinski definition) is 2. The maximum Gasteiger partial charge on any atom is 0.148 e. The first-order chi connectivity index (χ1) is 5.79. The SMILES string of the molecule is Nc1c(-c2ccon2)n[nH]c1Cl. The van der Waals surface area contributed by atoms with Crippen LogP contribution >= 0.6 is 11.6 Å². The molecule has 0 aliphatic carbocycles. The summed E-state index contributed by atoms with van der Waals surface area (Å²) in [5.41, 5.74) is 7.04. The quantitative estimate of drug-likeness (QED) is 0.700. The number of rotatable bonds is 1. The van der Waals surface area contributed by atoms with Crippen LogP contribution in [0.4, 0.5) is 5.69 Å². The summed E-state index contributed by atoms with van der Waals surface area (Å²) in [5.74, 6) is 0. The zero-order chi connectivity index (χ0) is 8.55. The predicted molar refractivity (Wildman–Crippen MR) is 43.5 cm³/mol. The molecule has 0 saturated heterocycles. The number of nitrogens with one attached hydrogen (secondary N) is 1. The normalized spacial score (nSPS) is 10.4. The first-order valence-corrected chi connectivity index (χ1v) is 3.57. The summed E-state index contributed by atoms with van der Waals surface area (Å²) in [4.78, 5) is 0. The third kappa shape index (κ3) is 0.947. The Balaban J connectivity index is 2.55. The molecule has 12 heavy (non-hydrogen) atoms. The van der Waals surface area contributed by atoms with Gasteiger partial charge in [0.2, 0.25) is 0 Å². The minimum absolute atomic E-state index is 0.313. The van der Waals surface area contributed by atoms with Crippen LogP contribution in [0.3, 0.4) is 0 Å². The lowest BCUT2D eigenvalue weighted by atomic mass is 10.3. The molecule has 2 heterocycles. The van der Waals surface area contributed by atoms with Crippen LogP contribution in [0.2, 0.25) is 5.15 Å². The number of hydrogen-bond acceptors (Lipinski definition) is 4. The molecule has 2 rings (SSSR count). The van der Waals surface area contributed by atoms with Gasteiger partial charge >= 0.3 is 0 Å². The Bertz CT molecular complexity index is 380. The highest BCUT2D eigenvalue weighted by Crippen LogP contribution is 2.26. The highest BCUT2D eigenvalue weighted by atomic mass is 35.5. The number of anilines is 1. The molecule has 3 N–H and O–H groups in total. The van der Waals surface area contributed by atoms with Crippen LogP contribution in [-0.2, 0) is 0 Å². The molecule has 6 heteroatoms. The van der Waals surface area contributed by atoms with Gasteiger partial charge in [0.25, 0.3) is 0 Å². The Kier molecular flexibility index (Phi) is 1.51. The molecule has 0 atom stereocenters. The number of aromatic amines is 1. The molecular formula is C6H5ClN4O. The molecule has 0 bridgehead atoms. The average molecular weight is 185 g/mol. The van der Waals surface area contributed by atoms with E-state index in [1.807, 2.05) is 0 Å². The third-order valence-electron chi connectivity index (χ3n) is 1.44. The van der Waals surface area contributed by atoms with Crippen LogP contribution in [0, 0.1) is 0 Å². The van der Waals surface area contributed by atoms with Gasteiger partial charge in [-0.1, -0.05) is 16.8 Å². The second kappa shape index (κ2) is 2.53. The number of nitrogen functional groups attached to an aromatic ring is 1. The average Bonchev–Trinajstić information content (AvgIpc) is 2.64. The highest BCUT2D eigenvalue weighted by Gasteiger charge is 2.11. The van der Waals surface area contributed by atoms with Crippen LogP contribution in [-0.4, -0.2) is 15.4 Å². The monoisotopic (exact) mass is 184 g/mol. The minimum Gasteiger partial charge on any atom is -0.394 e. The second-order valence-electron chi connectivity index (χ2n) is 2.18. The van der Waals surface area contributed by atoms with Gasteiger partial charge in [-0.2, -0.15) is 5.10 Å². The Morgan fingerprint density at radius 3 is 2.92 bits per heavy atom. The zero-order valence-corrected chi connectivity index (χ0v) is 6.67. The molecule has 0 spiro atoms. The molecular weight excluding hydrogens is 180 g/mol. The second-order valence-corrected chi connectivity index (χ2v) is 2.56. The lowest BCUT2D eigenvalue weighted by Crippen LogP contribution is -1.86. The zero-order valence-electron chi connectivity index (χ0n) is 5.91. The number of nitrogens with two attached hydrogens (primary N) is 1. The number of H-pyrrole nitrogens is 1. The summed E-state index contributed by atoms with van der Waals surface area (Å²) in [5, 5.41) is 10.4. The van der Waals surface area contributed by atoms with Crippen molar-refractivity contribution < 1.29 is 4.52 Å². The number of nitrogens with zero attached hydrogens (tertiary/aromatic N) is 2. The van der Waals surface area contributed by atoms with Crippen molar-refractivity contribution in [1.82, 2.24) is 15.4 Å². The first-order valence-electron chi connectivity index (χ1n) is 3.19. The fraction of sp³-hybridized carbons (Fsp3) is 0. The Morgan fingerprint density at radius 1 is 1.58 bits per heavy atom. The molecule has 0 radical (unpaired) electrons. The molecule has 0 amide bonds. The van der Waals surface area contributed by atoms with Crippen molar-refractivity contribution in [3.05, 3.63) is 17.5 Å². The summed E-state index contributed by atoms with van der Waals surface area (Å²) in [6.07, 6.45) is 1.44. The molecule has 0 aliphatic heterocycles. The van der Waals surface area contributed by atoms with Gasteiger partial charge in [0.1, 0.15) is 22.8 Å². The molecule has 0 unspecified atom stereocenters. The lowest BCUT2D eigenvalue weighted by molar-refractivity contribution is 0.422. The predicted octanol–water partition coefficient (Wildman–Crippen LogP) is 1.30. The van der Waals surface area contributed by atoms with Crippen molar-refractivity contribution in [3.63, 3.8) is 0 Å². The van der Waals surface area contributed by atoms with Gasteiger partial charge in [-0.15, -0.1) is 0 Å².